The Balaban J connectivity index is 2.55. The number of likely N-dealkylation sites (N-methyl/N-ethyl adjacent to an activating group) is 1. The summed E-state index contributed by atoms with van der Waals surface area (Å²) in [7, 11) is 2.10. The van der Waals surface area contributed by atoms with Gasteiger partial charge in [0.15, 0.2) is 0 Å². The van der Waals surface area contributed by atoms with E-state index < -0.39 is 0 Å². The maximum Gasteiger partial charge on any atom is 0.0903 e. The summed E-state index contributed by atoms with van der Waals surface area (Å²) in [6.45, 7) is 6.85. The third-order valence-electron chi connectivity index (χ3n) is 2.40. The highest BCUT2D eigenvalue weighted by Gasteiger charge is 2.24. The summed E-state index contributed by atoms with van der Waals surface area (Å²) in [6.07, 6.45) is 2.28. The van der Waals surface area contributed by atoms with Gasteiger partial charge in [-0.3, -0.25) is 11.3 Å². The molecule has 0 bridgehead atoms. The van der Waals surface area contributed by atoms with Crippen LogP contribution in [-0.2, 0) is 4.74 Å². The first kappa shape index (κ1) is 11.7. The Morgan fingerprint density at radius 1 is 1.64 bits per heavy atom. The van der Waals surface area contributed by atoms with E-state index in [2.05, 4.69) is 37.3 Å². The van der Waals surface area contributed by atoms with Gasteiger partial charge >= 0.3 is 0 Å². The van der Waals surface area contributed by atoms with Gasteiger partial charge in [0, 0.05) is 13.1 Å². The topological polar surface area (TPSA) is 50.5 Å². The Labute approximate surface area is 86.1 Å². The molecule has 1 saturated heterocycles. The van der Waals surface area contributed by atoms with Gasteiger partial charge in [0.2, 0.25) is 0 Å². The van der Waals surface area contributed by atoms with E-state index in [1.54, 1.807) is 0 Å². The van der Waals surface area contributed by atoms with Crippen LogP contribution in [0.3, 0.4) is 0 Å². The first-order valence-corrected chi connectivity index (χ1v) is 5.04. The van der Waals surface area contributed by atoms with Crippen molar-refractivity contribution in [3.63, 3.8) is 0 Å². The normalized spacial score (nSPS) is 25.9. The minimum absolute atomic E-state index is 0.114. The molecule has 1 aliphatic rings. The molecule has 0 aliphatic carbocycles. The molecule has 3 N–H and O–H groups in total. The average Bonchev–Trinajstić information content (AvgIpc) is 2.14. The molecular formula is C10H21N3O. The van der Waals surface area contributed by atoms with E-state index in [0.29, 0.717) is 0 Å². The van der Waals surface area contributed by atoms with Crippen LogP contribution in [0, 0.1) is 0 Å². The first-order chi connectivity index (χ1) is 6.63. The molecule has 0 aromatic rings. The monoisotopic (exact) mass is 199 g/mol. The van der Waals surface area contributed by atoms with E-state index in [0.717, 1.165) is 19.7 Å². The van der Waals surface area contributed by atoms with Crippen molar-refractivity contribution in [1.82, 2.24) is 10.3 Å². The van der Waals surface area contributed by atoms with E-state index in [9.17, 15) is 0 Å². The minimum Gasteiger partial charge on any atom is -0.374 e. The smallest absolute Gasteiger partial charge is 0.0903 e. The van der Waals surface area contributed by atoms with Crippen molar-refractivity contribution in [3.8, 4) is 0 Å². The average molecular weight is 199 g/mol. The lowest BCUT2D eigenvalue weighted by atomic mass is 10.1. The highest BCUT2D eigenvalue weighted by atomic mass is 16.5. The zero-order valence-electron chi connectivity index (χ0n) is 9.29. The number of morpholine rings is 1. The van der Waals surface area contributed by atoms with Crippen LogP contribution in [0.15, 0.2) is 11.6 Å². The Bertz CT molecular complexity index is 202. The maximum absolute atomic E-state index is 5.67. The van der Waals surface area contributed by atoms with E-state index in [4.69, 9.17) is 10.6 Å². The first-order valence-electron chi connectivity index (χ1n) is 5.04. The van der Waals surface area contributed by atoms with Crippen molar-refractivity contribution in [2.75, 3.05) is 26.7 Å². The van der Waals surface area contributed by atoms with Gasteiger partial charge in [-0.25, -0.2) is 0 Å². The summed E-state index contributed by atoms with van der Waals surface area (Å²) < 4.78 is 5.67. The van der Waals surface area contributed by atoms with Gasteiger partial charge in [-0.15, -0.1) is 0 Å². The molecule has 2 atom stereocenters. The van der Waals surface area contributed by atoms with E-state index in [-0.39, 0.29) is 12.1 Å². The molecule has 82 valence electrons. The lowest BCUT2D eigenvalue weighted by molar-refractivity contribution is -0.0305. The fourth-order valence-corrected chi connectivity index (χ4v) is 1.65. The number of nitrogens with zero attached hydrogens (tertiary/aromatic N) is 1. The number of nitrogens with one attached hydrogen (secondary N) is 1. The number of hydrogen-bond donors (Lipinski definition) is 2. The number of rotatable bonds is 3. The lowest BCUT2D eigenvalue weighted by Crippen LogP contribution is -2.52. The zero-order chi connectivity index (χ0) is 10.6. The van der Waals surface area contributed by atoms with Gasteiger partial charge in [-0.1, -0.05) is 11.6 Å². The molecule has 1 aliphatic heterocycles. The number of nitrogens with two attached hydrogens (primary N) is 1. The van der Waals surface area contributed by atoms with Gasteiger partial charge in [0.25, 0.3) is 0 Å². The predicted molar refractivity (Wildman–Crippen MR) is 57.8 cm³/mol. The number of ether oxygens (including phenoxy) is 1. The largest absolute Gasteiger partial charge is 0.374 e. The Hall–Kier alpha value is -0.420. The van der Waals surface area contributed by atoms with Crippen LogP contribution in [0.4, 0.5) is 0 Å². The van der Waals surface area contributed by atoms with Crippen LogP contribution < -0.4 is 11.3 Å². The SMILES string of the molecule is CC(C)=CC(NN)C1CN(C)CCO1. The van der Waals surface area contributed by atoms with Crippen molar-refractivity contribution in [2.45, 2.75) is 26.0 Å². The molecule has 0 spiro atoms. The summed E-state index contributed by atoms with van der Waals surface area (Å²) in [6, 6.07) is 0.114. The Morgan fingerprint density at radius 2 is 2.36 bits per heavy atom. The summed E-state index contributed by atoms with van der Waals surface area (Å²) in [5.74, 6) is 5.50. The molecule has 0 amide bonds. The number of allylic oxidation sites excluding steroid dienone is 1. The summed E-state index contributed by atoms with van der Waals surface area (Å²) >= 11 is 0. The van der Waals surface area contributed by atoms with Crippen LogP contribution in [-0.4, -0.2) is 43.8 Å². The molecule has 0 aromatic carbocycles. The molecule has 1 heterocycles. The van der Waals surface area contributed by atoms with E-state index >= 15 is 0 Å². The maximum atomic E-state index is 5.67. The second-order valence-corrected chi connectivity index (χ2v) is 4.11. The third kappa shape index (κ3) is 3.38. The van der Waals surface area contributed by atoms with E-state index in [1.165, 1.54) is 5.57 Å². The molecule has 2 unspecified atom stereocenters. The molecule has 4 heteroatoms. The molecule has 4 nitrogen and oxygen atoms in total. The molecule has 1 rings (SSSR count). The van der Waals surface area contributed by atoms with Crippen LogP contribution in [0.25, 0.3) is 0 Å². The van der Waals surface area contributed by atoms with Crippen molar-refractivity contribution < 1.29 is 4.74 Å². The van der Waals surface area contributed by atoms with Gasteiger partial charge < -0.3 is 9.64 Å². The highest BCUT2D eigenvalue weighted by Crippen LogP contribution is 2.09. The Morgan fingerprint density at radius 3 is 2.86 bits per heavy atom. The molecule has 0 saturated carbocycles. The Kier molecular flexibility index (Phi) is 4.54. The van der Waals surface area contributed by atoms with Gasteiger partial charge in [-0.2, -0.15) is 0 Å². The molecular weight excluding hydrogens is 178 g/mol. The van der Waals surface area contributed by atoms with E-state index in [1.807, 2.05) is 0 Å². The summed E-state index contributed by atoms with van der Waals surface area (Å²) in [5.41, 5.74) is 4.05. The fraction of sp³-hybridized carbons (Fsp3) is 0.800. The number of hydrazine groups is 1. The molecule has 1 fully saturated rings. The van der Waals surface area contributed by atoms with Crippen LogP contribution >= 0.6 is 0 Å². The van der Waals surface area contributed by atoms with Crippen LogP contribution in [0.5, 0.6) is 0 Å². The van der Waals surface area contributed by atoms with Crippen molar-refractivity contribution in [2.24, 2.45) is 5.84 Å². The zero-order valence-corrected chi connectivity index (χ0v) is 9.29. The summed E-state index contributed by atoms with van der Waals surface area (Å²) in [4.78, 5) is 2.26. The second kappa shape index (κ2) is 5.46. The standard InChI is InChI=1S/C10H21N3O/c1-8(2)6-9(12-11)10-7-13(3)4-5-14-10/h6,9-10,12H,4-5,7,11H2,1-3H3. The fourth-order valence-electron chi connectivity index (χ4n) is 1.65. The summed E-state index contributed by atoms with van der Waals surface area (Å²) in [5, 5.41) is 0. The van der Waals surface area contributed by atoms with Crippen molar-refractivity contribution in [3.05, 3.63) is 11.6 Å². The second-order valence-electron chi connectivity index (χ2n) is 4.11. The van der Waals surface area contributed by atoms with Crippen molar-refractivity contribution >= 4 is 0 Å². The molecule has 0 radical (unpaired) electrons. The minimum atomic E-state index is 0.114. The highest BCUT2D eigenvalue weighted by molar-refractivity contribution is 5.04. The molecule has 0 aromatic heterocycles. The van der Waals surface area contributed by atoms with Crippen LogP contribution in [0.2, 0.25) is 0 Å². The van der Waals surface area contributed by atoms with Gasteiger partial charge in [0.05, 0.1) is 18.8 Å². The van der Waals surface area contributed by atoms with Gasteiger partial charge in [0.1, 0.15) is 0 Å². The lowest BCUT2D eigenvalue weighted by Gasteiger charge is -2.33. The quantitative estimate of drug-likeness (QED) is 0.385. The van der Waals surface area contributed by atoms with Gasteiger partial charge in [-0.05, 0) is 20.9 Å². The third-order valence-corrected chi connectivity index (χ3v) is 2.40. The predicted octanol–water partition coefficient (Wildman–Crippen LogP) is 0.115. The van der Waals surface area contributed by atoms with Crippen molar-refractivity contribution in [1.29, 1.82) is 0 Å². The molecule has 14 heavy (non-hydrogen) atoms. The van der Waals surface area contributed by atoms with Crippen LogP contribution in [0.1, 0.15) is 13.8 Å². The number of hydrogen-bond acceptors (Lipinski definition) is 4.